The van der Waals surface area contributed by atoms with Gasteiger partial charge >= 0.3 is 5.97 Å². The summed E-state index contributed by atoms with van der Waals surface area (Å²) in [6.45, 7) is 2.55. The van der Waals surface area contributed by atoms with E-state index in [1.807, 2.05) is 47.4 Å². The summed E-state index contributed by atoms with van der Waals surface area (Å²) in [7, 11) is 1.31. The molecule has 0 aliphatic carbocycles. The molecule has 15 heteroatoms. The highest BCUT2D eigenvalue weighted by Crippen LogP contribution is 2.32. The van der Waals surface area contributed by atoms with E-state index in [-0.39, 0.29) is 41.1 Å². The number of carbonyl (C=O) groups excluding carboxylic acids is 4. The first-order chi connectivity index (χ1) is 22.6. The third-order valence-corrected chi connectivity index (χ3v) is 8.94. The van der Waals surface area contributed by atoms with Crippen molar-refractivity contribution in [1.82, 2.24) is 15.5 Å². The number of rotatable bonds is 9. The van der Waals surface area contributed by atoms with Crippen molar-refractivity contribution >= 4 is 58.1 Å². The van der Waals surface area contributed by atoms with Gasteiger partial charge in [-0.1, -0.05) is 48.5 Å². The Morgan fingerprint density at radius 2 is 1.96 bits per heavy atom. The SMILES string of the molecule is COC(=O)[C@H](Cc1cccc2ccccc12)NC=O.Cc1ccc(N=O)c([N+](=O)[O-])c1.NCC(=O)N[C@@H]1CCC(=O)N2CCCSC12. The minimum Gasteiger partial charge on any atom is -0.467 e. The van der Waals surface area contributed by atoms with Gasteiger partial charge in [0.05, 0.1) is 30.0 Å². The van der Waals surface area contributed by atoms with Gasteiger partial charge in [-0.15, -0.1) is 16.7 Å². The molecule has 2 heterocycles. The second-order valence-corrected chi connectivity index (χ2v) is 11.9. The maximum absolute atomic E-state index is 11.7. The van der Waals surface area contributed by atoms with E-state index < -0.39 is 16.9 Å². The summed E-state index contributed by atoms with van der Waals surface area (Å²) < 4.78 is 4.69. The Kier molecular flexibility index (Phi) is 14.2. The number of methoxy groups -OCH3 is 1. The van der Waals surface area contributed by atoms with E-state index in [2.05, 4.69) is 20.5 Å². The van der Waals surface area contributed by atoms with Crippen molar-refractivity contribution in [3.05, 3.63) is 86.8 Å². The average Bonchev–Trinajstić information content (AvgIpc) is 3.09. The molecule has 250 valence electrons. The Morgan fingerprint density at radius 3 is 2.64 bits per heavy atom. The quantitative estimate of drug-likeness (QED) is 0.0997. The van der Waals surface area contributed by atoms with Gasteiger partial charge in [-0.05, 0) is 58.7 Å². The van der Waals surface area contributed by atoms with Gasteiger partial charge in [-0.3, -0.25) is 24.5 Å². The Morgan fingerprint density at radius 1 is 1.21 bits per heavy atom. The number of ether oxygens (including phenoxy) is 1. The monoisotopic (exact) mass is 666 g/mol. The van der Waals surface area contributed by atoms with Crippen LogP contribution in [0.1, 0.15) is 30.4 Å². The highest BCUT2D eigenvalue weighted by Gasteiger charge is 2.38. The van der Waals surface area contributed by atoms with Crippen LogP contribution < -0.4 is 16.4 Å². The van der Waals surface area contributed by atoms with Gasteiger partial charge in [-0.2, -0.15) is 0 Å². The molecule has 0 aromatic heterocycles. The van der Waals surface area contributed by atoms with Crippen LogP contribution >= 0.6 is 11.8 Å². The molecule has 3 aromatic carbocycles. The van der Waals surface area contributed by atoms with Crippen LogP contribution in [0.5, 0.6) is 0 Å². The zero-order chi connectivity index (χ0) is 34.3. The molecular formula is C32H38N6O8S. The van der Waals surface area contributed by atoms with Crippen LogP contribution in [0.4, 0.5) is 11.4 Å². The normalized spacial score (nSPS) is 17.3. The highest BCUT2D eigenvalue weighted by atomic mass is 32.2. The van der Waals surface area contributed by atoms with E-state index in [4.69, 9.17) is 5.73 Å². The molecule has 3 aromatic rings. The van der Waals surface area contributed by atoms with Crippen molar-refractivity contribution in [3.8, 4) is 0 Å². The average molecular weight is 667 g/mol. The highest BCUT2D eigenvalue weighted by molar-refractivity contribution is 7.99. The minimum absolute atomic E-state index is 0.0157. The van der Waals surface area contributed by atoms with E-state index in [9.17, 15) is 34.2 Å². The van der Waals surface area contributed by atoms with Crippen LogP contribution in [0.15, 0.2) is 65.8 Å². The van der Waals surface area contributed by atoms with Gasteiger partial charge in [0, 0.05) is 25.5 Å². The predicted molar refractivity (Wildman–Crippen MR) is 179 cm³/mol. The molecule has 2 aliphatic rings. The number of thioether (sulfide) groups is 1. The standard InChI is InChI=1S/C15H15NO3.C10H17N3O2S.C7H6N2O3/c1-19-15(18)14(16-10-17)9-12-7-4-6-11-5-2-3-8-13(11)12;11-6-8(14)12-7-2-3-9(15)13-4-1-5-16-10(7)13;1-5-2-3-6(8-10)7(4-5)9(11)12/h2-8,10,14H,9H2,1H3,(H,16,17);7,10H,1-6,11H2,(H,12,14);2-4H,1H3/t14-;7-,10?;/m01./s1. The van der Waals surface area contributed by atoms with E-state index in [0.29, 0.717) is 19.3 Å². The molecule has 14 nitrogen and oxygen atoms in total. The van der Waals surface area contributed by atoms with Crippen molar-refractivity contribution < 1.29 is 28.8 Å². The lowest BCUT2D eigenvalue weighted by atomic mass is 9.99. The van der Waals surface area contributed by atoms with Crippen LogP contribution in [0.3, 0.4) is 0 Å². The number of nitrogens with zero attached hydrogens (tertiary/aromatic N) is 3. The van der Waals surface area contributed by atoms with Crippen molar-refractivity contribution in [2.24, 2.45) is 10.9 Å². The topological polar surface area (TPSA) is 203 Å². The van der Waals surface area contributed by atoms with Crippen molar-refractivity contribution in [3.63, 3.8) is 0 Å². The Labute approximate surface area is 275 Å². The van der Waals surface area contributed by atoms with Gasteiger partial charge in [0.25, 0.3) is 5.69 Å². The molecule has 3 amide bonds. The summed E-state index contributed by atoms with van der Waals surface area (Å²) in [5, 5.41) is 20.6. The van der Waals surface area contributed by atoms with Gasteiger partial charge in [0.2, 0.25) is 18.2 Å². The number of nitrogens with one attached hydrogen (secondary N) is 2. The number of carbonyl (C=O) groups is 4. The van der Waals surface area contributed by atoms with E-state index >= 15 is 0 Å². The minimum atomic E-state index is -0.659. The number of benzene rings is 3. The zero-order valence-corrected chi connectivity index (χ0v) is 26.9. The first kappa shape index (κ1) is 36.6. The number of piperidine rings is 1. The molecule has 5 rings (SSSR count). The second kappa shape index (κ2) is 18.3. The summed E-state index contributed by atoms with van der Waals surface area (Å²) in [6, 6.07) is 17.5. The van der Waals surface area contributed by atoms with Crippen LogP contribution in [0, 0.1) is 21.9 Å². The number of hydrogen-bond donors (Lipinski definition) is 3. The van der Waals surface area contributed by atoms with E-state index in [0.717, 1.165) is 47.0 Å². The Hall–Kier alpha value is -4.89. The zero-order valence-electron chi connectivity index (χ0n) is 26.1. The number of fused-ring (bicyclic) bond motifs is 2. The van der Waals surface area contributed by atoms with Crippen LogP contribution in [-0.2, 0) is 30.3 Å². The van der Waals surface area contributed by atoms with E-state index in [1.54, 1.807) is 24.8 Å². The number of hydrogen-bond acceptors (Lipinski definition) is 11. The number of nitro groups is 1. The summed E-state index contributed by atoms with van der Waals surface area (Å²) in [5.41, 5.74) is 6.64. The van der Waals surface area contributed by atoms with E-state index in [1.165, 1.54) is 19.2 Å². The van der Waals surface area contributed by atoms with Crippen LogP contribution in [0.2, 0.25) is 0 Å². The fourth-order valence-electron chi connectivity index (χ4n) is 5.21. The van der Waals surface area contributed by atoms with Crippen molar-refractivity contribution in [1.29, 1.82) is 0 Å². The first-order valence-electron chi connectivity index (χ1n) is 14.9. The summed E-state index contributed by atoms with van der Waals surface area (Å²) >= 11 is 1.76. The van der Waals surface area contributed by atoms with Crippen molar-refractivity contribution in [2.45, 2.75) is 50.1 Å². The molecule has 2 aliphatic heterocycles. The molecule has 0 spiro atoms. The first-order valence-corrected chi connectivity index (χ1v) is 15.9. The summed E-state index contributed by atoms with van der Waals surface area (Å²) in [5.74, 6) is 0.699. The number of nitro benzene ring substituents is 1. The molecule has 2 fully saturated rings. The fourth-order valence-corrected chi connectivity index (χ4v) is 6.59. The molecule has 47 heavy (non-hydrogen) atoms. The Bertz CT molecular complexity index is 1580. The van der Waals surface area contributed by atoms with Gasteiger partial charge in [0.1, 0.15) is 6.04 Å². The largest absolute Gasteiger partial charge is 0.467 e. The van der Waals surface area contributed by atoms with Crippen molar-refractivity contribution in [2.75, 3.05) is 26.0 Å². The maximum atomic E-state index is 11.7. The molecule has 1 unspecified atom stereocenters. The third-order valence-electron chi connectivity index (χ3n) is 7.49. The molecule has 0 saturated carbocycles. The summed E-state index contributed by atoms with van der Waals surface area (Å²) in [6.07, 6.45) is 3.25. The molecule has 4 N–H and O–H groups in total. The lowest BCUT2D eigenvalue weighted by Gasteiger charge is -2.43. The van der Waals surface area contributed by atoms with Gasteiger partial charge in [0.15, 0.2) is 5.69 Å². The Balaban J connectivity index is 0.000000197. The molecule has 2 saturated heterocycles. The summed E-state index contributed by atoms with van der Waals surface area (Å²) in [4.78, 5) is 66.9. The number of amides is 3. The number of nitroso groups, excluding NO2 is 1. The van der Waals surface area contributed by atoms with Gasteiger partial charge in [-0.25, -0.2) is 4.79 Å². The number of nitrogens with two attached hydrogens (primary N) is 1. The number of aryl methyl sites for hydroxylation is 1. The second-order valence-electron chi connectivity index (χ2n) is 10.7. The third kappa shape index (κ3) is 10.3. The maximum Gasteiger partial charge on any atom is 0.328 e. The fraction of sp³-hybridized carbons (Fsp3) is 0.375. The number of esters is 1. The lowest BCUT2D eigenvalue weighted by Crippen LogP contribution is -2.58. The molecule has 0 bridgehead atoms. The molecular weight excluding hydrogens is 628 g/mol. The smallest absolute Gasteiger partial charge is 0.328 e. The molecule has 0 radical (unpaired) electrons. The van der Waals surface area contributed by atoms with Crippen LogP contribution in [-0.4, -0.2) is 77.4 Å². The van der Waals surface area contributed by atoms with Gasteiger partial charge < -0.3 is 26.0 Å². The van der Waals surface area contributed by atoms with Crippen LogP contribution in [0.25, 0.3) is 10.8 Å². The lowest BCUT2D eigenvalue weighted by molar-refractivity contribution is -0.384. The molecule has 3 atom stereocenters. The predicted octanol–water partition coefficient (Wildman–Crippen LogP) is 3.49.